The summed E-state index contributed by atoms with van der Waals surface area (Å²) in [5, 5.41) is 3.19. The van der Waals surface area contributed by atoms with E-state index < -0.39 is 0 Å². The van der Waals surface area contributed by atoms with Crippen molar-refractivity contribution in [3.8, 4) is 5.75 Å². The number of methoxy groups -OCH3 is 1. The Balaban J connectivity index is 1.82. The van der Waals surface area contributed by atoms with Gasteiger partial charge in [0.1, 0.15) is 5.75 Å². The summed E-state index contributed by atoms with van der Waals surface area (Å²) >= 11 is 0. The van der Waals surface area contributed by atoms with Crippen molar-refractivity contribution in [1.29, 1.82) is 0 Å². The van der Waals surface area contributed by atoms with Gasteiger partial charge in [0.15, 0.2) is 0 Å². The number of carbonyl (C=O) groups excluding carboxylic acids is 2. The fourth-order valence-corrected chi connectivity index (χ4v) is 3.93. The van der Waals surface area contributed by atoms with Crippen LogP contribution in [-0.4, -0.2) is 25.0 Å². The molecule has 1 aliphatic heterocycles. The summed E-state index contributed by atoms with van der Waals surface area (Å²) in [4.78, 5) is 27.5. The lowest BCUT2D eigenvalue weighted by molar-refractivity contribution is -0.122. The molecule has 0 radical (unpaired) electrons. The highest BCUT2D eigenvalue weighted by Crippen LogP contribution is 2.38. The van der Waals surface area contributed by atoms with Gasteiger partial charge in [-0.25, -0.2) is 0 Å². The summed E-state index contributed by atoms with van der Waals surface area (Å²) < 4.78 is 5.19. The molecule has 2 amide bonds. The molecule has 0 saturated carbocycles. The molecule has 154 valence electrons. The normalized spacial score (nSPS) is 18.1. The van der Waals surface area contributed by atoms with Crippen molar-refractivity contribution in [1.82, 2.24) is 5.32 Å². The molecule has 2 atom stereocenters. The number of amides is 2. The zero-order valence-electron chi connectivity index (χ0n) is 17.5. The zero-order valence-corrected chi connectivity index (χ0v) is 17.5. The van der Waals surface area contributed by atoms with Crippen LogP contribution in [0.5, 0.6) is 5.75 Å². The summed E-state index contributed by atoms with van der Waals surface area (Å²) in [5.41, 5.74) is 2.48. The second-order valence-electron chi connectivity index (χ2n) is 7.62. The second-order valence-corrected chi connectivity index (χ2v) is 7.62. The van der Waals surface area contributed by atoms with Crippen LogP contribution in [-0.2, 0) is 4.79 Å². The molecule has 0 spiro atoms. The van der Waals surface area contributed by atoms with Crippen molar-refractivity contribution in [3.63, 3.8) is 0 Å². The average molecular weight is 395 g/mol. The Morgan fingerprint density at radius 1 is 1.10 bits per heavy atom. The van der Waals surface area contributed by atoms with Crippen LogP contribution in [0, 0.1) is 0 Å². The Kier molecular flexibility index (Phi) is 6.91. The maximum Gasteiger partial charge on any atom is 0.258 e. The number of fused-ring (bicyclic) bond motifs is 1. The third-order valence-electron chi connectivity index (χ3n) is 5.49. The number of unbranched alkanes of at least 4 members (excludes halogenated alkanes) is 2. The molecular weight excluding hydrogens is 364 g/mol. The Morgan fingerprint density at radius 2 is 1.83 bits per heavy atom. The SMILES string of the molecule is CCCCCC(=O)NC1CC(C)N(C(=O)c2ccc(OC)cc2)c2ccccc21. The van der Waals surface area contributed by atoms with Crippen LogP contribution in [0.4, 0.5) is 5.69 Å². The van der Waals surface area contributed by atoms with E-state index in [4.69, 9.17) is 4.74 Å². The lowest BCUT2D eigenvalue weighted by atomic mass is 9.90. The summed E-state index contributed by atoms with van der Waals surface area (Å²) in [5.74, 6) is 0.764. The first-order valence-electron chi connectivity index (χ1n) is 10.4. The van der Waals surface area contributed by atoms with Crippen LogP contribution >= 0.6 is 0 Å². The van der Waals surface area contributed by atoms with Gasteiger partial charge < -0.3 is 15.0 Å². The van der Waals surface area contributed by atoms with Crippen molar-refractivity contribution in [2.45, 2.75) is 58.0 Å². The van der Waals surface area contributed by atoms with Crippen LogP contribution in [0.1, 0.15) is 67.9 Å². The molecule has 29 heavy (non-hydrogen) atoms. The van der Waals surface area contributed by atoms with E-state index in [-0.39, 0.29) is 23.9 Å². The van der Waals surface area contributed by atoms with Crippen LogP contribution in [0.25, 0.3) is 0 Å². The van der Waals surface area contributed by atoms with E-state index in [0.29, 0.717) is 18.4 Å². The van der Waals surface area contributed by atoms with Gasteiger partial charge in [0.25, 0.3) is 5.91 Å². The van der Waals surface area contributed by atoms with E-state index in [0.717, 1.165) is 36.3 Å². The molecule has 5 nitrogen and oxygen atoms in total. The Hall–Kier alpha value is -2.82. The van der Waals surface area contributed by atoms with Gasteiger partial charge in [-0.3, -0.25) is 9.59 Å². The van der Waals surface area contributed by atoms with E-state index in [2.05, 4.69) is 12.2 Å². The number of para-hydroxylation sites is 1. The first-order chi connectivity index (χ1) is 14.0. The number of rotatable bonds is 7. The number of hydrogen-bond acceptors (Lipinski definition) is 3. The molecule has 0 aliphatic carbocycles. The predicted molar refractivity (Wildman–Crippen MR) is 115 cm³/mol. The van der Waals surface area contributed by atoms with Gasteiger partial charge in [-0.2, -0.15) is 0 Å². The summed E-state index contributed by atoms with van der Waals surface area (Å²) in [6, 6.07) is 14.9. The maximum atomic E-state index is 13.3. The van der Waals surface area contributed by atoms with Crippen LogP contribution in [0.15, 0.2) is 48.5 Å². The molecule has 2 aromatic carbocycles. The third kappa shape index (κ3) is 4.78. The lowest BCUT2D eigenvalue weighted by Gasteiger charge is -2.39. The van der Waals surface area contributed by atoms with Crippen molar-refractivity contribution in [2.24, 2.45) is 0 Å². The summed E-state index contributed by atoms with van der Waals surface area (Å²) in [6.45, 7) is 4.17. The molecule has 3 rings (SSSR count). The Bertz CT molecular complexity index is 847. The second kappa shape index (κ2) is 9.59. The molecule has 1 N–H and O–H groups in total. The summed E-state index contributed by atoms with van der Waals surface area (Å²) in [6.07, 6.45) is 4.32. The molecule has 5 heteroatoms. The number of carbonyl (C=O) groups is 2. The lowest BCUT2D eigenvalue weighted by Crippen LogP contribution is -2.46. The number of ether oxygens (including phenoxy) is 1. The van der Waals surface area contributed by atoms with E-state index in [1.807, 2.05) is 36.1 Å². The van der Waals surface area contributed by atoms with Gasteiger partial charge in [0, 0.05) is 23.7 Å². The molecule has 1 heterocycles. The highest BCUT2D eigenvalue weighted by atomic mass is 16.5. The molecule has 0 saturated heterocycles. The molecule has 0 fully saturated rings. The minimum atomic E-state index is -0.0738. The van der Waals surface area contributed by atoms with Crippen LogP contribution in [0.2, 0.25) is 0 Å². The van der Waals surface area contributed by atoms with Gasteiger partial charge >= 0.3 is 0 Å². The largest absolute Gasteiger partial charge is 0.497 e. The monoisotopic (exact) mass is 394 g/mol. The van der Waals surface area contributed by atoms with E-state index >= 15 is 0 Å². The minimum Gasteiger partial charge on any atom is -0.497 e. The van der Waals surface area contributed by atoms with Gasteiger partial charge in [-0.15, -0.1) is 0 Å². The predicted octanol–water partition coefficient (Wildman–Crippen LogP) is 4.87. The van der Waals surface area contributed by atoms with Crippen LogP contribution in [0.3, 0.4) is 0 Å². The van der Waals surface area contributed by atoms with Crippen molar-refractivity contribution in [2.75, 3.05) is 12.0 Å². The van der Waals surface area contributed by atoms with E-state index in [1.54, 1.807) is 31.4 Å². The molecule has 1 aliphatic rings. The zero-order chi connectivity index (χ0) is 20.8. The minimum absolute atomic E-state index is 0.0274. The maximum absolute atomic E-state index is 13.3. The van der Waals surface area contributed by atoms with E-state index in [9.17, 15) is 9.59 Å². The van der Waals surface area contributed by atoms with Crippen LogP contribution < -0.4 is 15.0 Å². The first-order valence-corrected chi connectivity index (χ1v) is 10.4. The number of nitrogens with one attached hydrogen (secondary N) is 1. The smallest absolute Gasteiger partial charge is 0.258 e. The van der Waals surface area contributed by atoms with Crippen molar-refractivity contribution >= 4 is 17.5 Å². The van der Waals surface area contributed by atoms with Gasteiger partial charge in [0.05, 0.1) is 13.2 Å². The quantitative estimate of drug-likeness (QED) is 0.682. The fourth-order valence-electron chi connectivity index (χ4n) is 3.93. The Labute approximate surface area is 173 Å². The van der Waals surface area contributed by atoms with Crippen molar-refractivity contribution in [3.05, 3.63) is 59.7 Å². The number of hydrogen-bond donors (Lipinski definition) is 1. The Morgan fingerprint density at radius 3 is 2.52 bits per heavy atom. The van der Waals surface area contributed by atoms with Gasteiger partial charge in [0.2, 0.25) is 5.91 Å². The van der Waals surface area contributed by atoms with E-state index in [1.165, 1.54) is 0 Å². The highest BCUT2D eigenvalue weighted by Gasteiger charge is 2.34. The highest BCUT2D eigenvalue weighted by molar-refractivity contribution is 6.07. The molecule has 2 unspecified atom stereocenters. The summed E-state index contributed by atoms with van der Waals surface area (Å²) in [7, 11) is 1.61. The fraction of sp³-hybridized carbons (Fsp3) is 0.417. The molecule has 0 aromatic heterocycles. The molecule has 2 aromatic rings. The van der Waals surface area contributed by atoms with Crippen molar-refractivity contribution < 1.29 is 14.3 Å². The van der Waals surface area contributed by atoms with Gasteiger partial charge in [-0.1, -0.05) is 38.0 Å². The first kappa shape index (κ1) is 20.9. The molecular formula is C24H30N2O3. The topological polar surface area (TPSA) is 58.6 Å². The number of nitrogens with zero attached hydrogens (tertiary/aromatic N) is 1. The molecule has 0 bridgehead atoms. The average Bonchev–Trinajstić information content (AvgIpc) is 2.74. The number of benzene rings is 2. The number of anilines is 1. The third-order valence-corrected chi connectivity index (χ3v) is 5.49. The van der Waals surface area contributed by atoms with Gasteiger partial charge in [-0.05, 0) is 55.7 Å². The standard InChI is InChI=1S/C24H30N2O3/c1-4-5-6-11-23(27)25-21-16-17(2)26(22-10-8-7-9-20(21)22)24(28)18-12-14-19(29-3)15-13-18/h7-10,12-15,17,21H,4-6,11,16H2,1-3H3,(H,25,27).